The van der Waals surface area contributed by atoms with Crippen LogP contribution in [0.5, 0.6) is 0 Å². The zero-order valence-electron chi connectivity index (χ0n) is 18.5. The molecule has 0 saturated carbocycles. The lowest BCUT2D eigenvalue weighted by Crippen LogP contribution is -2.44. The van der Waals surface area contributed by atoms with Crippen LogP contribution in [0, 0.1) is 0 Å². The molecule has 0 bridgehead atoms. The van der Waals surface area contributed by atoms with E-state index in [2.05, 4.69) is 38.4 Å². The van der Waals surface area contributed by atoms with E-state index in [1.807, 2.05) is 13.1 Å². The van der Waals surface area contributed by atoms with Crippen molar-refractivity contribution in [2.24, 2.45) is 4.99 Å². The number of rotatable bonds is 9. The Hall–Kier alpha value is -1.53. The van der Waals surface area contributed by atoms with Crippen LogP contribution in [0.25, 0.3) is 0 Å². The Kier molecular flexibility index (Phi) is 9.35. The summed E-state index contributed by atoms with van der Waals surface area (Å²) in [7, 11) is 1.85. The lowest BCUT2D eigenvalue weighted by molar-refractivity contribution is 0.146. The van der Waals surface area contributed by atoms with E-state index in [-0.39, 0.29) is 6.04 Å². The number of piperidine rings is 2. The normalized spacial score (nSPS) is 23.1. The number of aliphatic imine (C=N–C) groups is 1. The Balaban J connectivity index is 1.38. The molecule has 1 aromatic rings. The van der Waals surface area contributed by atoms with Gasteiger partial charge in [-0.25, -0.2) is 0 Å². The molecule has 3 rings (SSSR count). The maximum absolute atomic E-state index is 5.75. The summed E-state index contributed by atoms with van der Waals surface area (Å²) in [4.78, 5) is 9.62. The van der Waals surface area contributed by atoms with Crippen LogP contribution in [0.3, 0.4) is 0 Å². The molecule has 2 aliphatic rings. The van der Waals surface area contributed by atoms with Crippen molar-refractivity contribution in [3.8, 4) is 0 Å². The van der Waals surface area contributed by atoms with Crippen LogP contribution < -0.4 is 10.6 Å². The molecule has 0 radical (unpaired) electrons. The van der Waals surface area contributed by atoms with E-state index in [4.69, 9.17) is 4.42 Å². The average Bonchev–Trinajstić information content (AvgIpc) is 3.29. The molecule has 164 valence electrons. The van der Waals surface area contributed by atoms with Crippen molar-refractivity contribution < 1.29 is 4.42 Å². The molecular formula is C23H41N5O. The van der Waals surface area contributed by atoms with Gasteiger partial charge in [0.2, 0.25) is 0 Å². The monoisotopic (exact) mass is 403 g/mol. The molecule has 2 unspecified atom stereocenters. The van der Waals surface area contributed by atoms with Gasteiger partial charge in [-0.15, -0.1) is 0 Å². The Bertz CT molecular complexity index is 582. The van der Waals surface area contributed by atoms with Gasteiger partial charge in [-0.05, 0) is 83.8 Å². The lowest BCUT2D eigenvalue weighted by atomic mass is 10.0. The molecule has 2 aliphatic heterocycles. The fraction of sp³-hybridized carbons (Fsp3) is 0.783. The molecule has 2 N–H and O–H groups in total. The van der Waals surface area contributed by atoms with Crippen molar-refractivity contribution in [2.75, 3.05) is 46.3 Å². The quantitative estimate of drug-likeness (QED) is 0.375. The minimum Gasteiger partial charge on any atom is -0.468 e. The fourth-order valence-corrected chi connectivity index (χ4v) is 4.67. The highest BCUT2D eigenvalue weighted by Crippen LogP contribution is 2.24. The van der Waals surface area contributed by atoms with Crippen LogP contribution in [0.15, 0.2) is 27.8 Å². The number of likely N-dealkylation sites (tertiary alicyclic amines) is 2. The number of unbranched alkanes of at least 4 members (excludes halogenated alkanes) is 1. The molecule has 0 amide bonds. The second kappa shape index (κ2) is 12.2. The topological polar surface area (TPSA) is 56.0 Å². The molecule has 0 aliphatic carbocycles. The lowest BCUT2D eigenvalue weighted by Gasteiger charge is -2.34. The Morgan fingerprint density at radius 2 is 1.97 bits per heavy atom. The SMILES string of the molecule is CN=C(NCCCCN1CCCCC1C)NCC(c1ccco1)N1CCCCC1. The molecule has 6 heteroatoms. The highest BCUT2D eigenvalue weighted by Gasteiger charge is 2.24. The predicted octanol–water partition coefficient (Wildman–Crippen LogP) is 3.63. The second-order valence-electron chi connectivity index (χ2n) is 8.60. The van der Waals surface area contributed by atoms with Gasteiger partial charge in [0.15, 0.2) is 5.96 Å². The summed E-state index contributed by atoms with van der Waals surface area (Å²) in [5.41, 5.74) is 0. The number of furan rings is 1. The van der Waals surface area contributed by atoms with Gasteiger partial charge in [-0.1, -0.05) is 12.8 Å². The van der Waals surface area contributed by atoms with Crippen molar-refractivity contribution in [2.45, 2.75) is 70.4 Å². The summed E-state index contributed by atoms with van der Waals surface area (Å²) >= 11 is 0. The molecule has 3 heterocycles. The van der Waals surface area contributed by atoms with E-state index in [0.717, 1.165) is 43.9 Å². The summed E-state index contributed by atoms with van der Waals surface area (Å²) in [6.45, 7) is 8.96. The minimum atomic E-state index is 0.268. The third-order valence-electron chi connectivity index (χ3n) is 6.49. The van der Waals surface area contributed by atoms with E-state index in [9.17, 15) is 0 Å². The van der Waals surface area contributed by atoms with Gasteiger partial charge < -0.3 is 20.0 Å². The van der Waals surface area contributed by atoms with Crippen molar-refractivity contribution in [3.05, 3.63) is 24.2 Å². The van der Waals surface area contributed by atoms with Gasteiger partial charge in [0.1, 0.15) is 5.76 Å². The molecule has 2 fully saturated rings. The largest absolute Gasteiger partial charge is 0.468 e. The minimum absolute atomic E-state index is 0.268. The van der Waals surface area contributed by atoms with Crippen LogP contribution in [-0.2, 0) is 0 Å². The number of nitrogens with one attached hydrogen (secondary N) is 2. The third-order valence-corrected chi connectivity index (χ3v) is 6.49. The molecule has 0 spiro atoms. The van der Waals surface area contributed by atoms with Gasteiger partial charge >= 0.3 is 0 Å². The Labute approximate surface area is 177 Å². The van der Waals surface area contributed by atoms with Crippen LogP contribution in [-0.4, -0.2) is 68.1 Å². The van der Waals surface area contributed by atoms with Crippen molar-refractivity contribution in [1.82, 2.24) is 20.4 Å². The highest BCUT2D eigenvalue weighted by molar-refractivity contribution is 5.79. The second-order valence-corrected chi connectivity index (χ2v) is 8.60. The first-order chi connectivity index (χ1) is 14.3. The highest BCUT2D eigenvalue weighted by atomic mass is 16.3. The van der Waals surface area contributed by atoms with Crippen LogP contribution in [0.4, 0.5) is 0 Å². The standard InChI is InChI=1S/C23H41N5O/c1-20-11-4-8-14-27(20)15-9-5-13-25-23(24-2)26-19-21(22-12-10-18-29-22)28-16-6-3-7-17-28/h10,12,18,20-21H,3-9,11,13-17,19H2,1-2H3,(H2,24,25,26). The van der Waals surface area contributed by atoms with Crippen LogP contribution in [0.1, 0.15) is 70.1 Å². The van der Waals surface area contributed by atoms with Crippen molar-refractivity contribution in [1.29, 1.82) is 0 Å². The van der Waals surface area contributed by atoms with Crippen LogP contribution >= 0.6 is 0 Å². The van der Waals surface area contributed by atoms with Crippen molar-refractivity contribution >= 4 is 5.96 Å². The number of nitrogens with zero attached hydrogens (tertiary/aromatic N) is 3. The number of hydrogen-bond donors (Lipinski definition) is 2. The number of hydrogen-bond acceptors (Lipinski definition) is 4. The first-order valence-electron chi connectivity index (χ1n) is 11.7. The molecule has 0 aromatic carbocycles. The summed E-state index contributed by atoms with van der Waals surface area (Å²) in [5.74, 6) is 1.94. The van der Waals surface area contributed by atoms with Gasteiger partial charge in [-0.2, -0.15) is 0 Å². The van der Waals surface area contributed by atoms with Gasteiger partial charge in [0.05, 0.1) is 12.3 Å². The molecule has 29 heavy (non-hydrogen) atoms. The predicted molar refractivity (Wildman–Crippen MR) is 120 cm³/mol. The summed E-state index contributed by atoms with van der Waals surface area (Å²) in [6.07, 6.45) is 12.2. The molecule has 2 atom stereocenters. The maximum Gasteiger partial charge on any atom is 0.191 e. The maximum atomic E-state index is 5.75. The summed E-state index contributed by atoms with van der Waals surface area (Å²) < 4.78 is 5.75. The van der Waals surface area contributed by atoms with E-state index in [0.29, 0.717) is 0 Å². The summed E-state index contributed by atoms with van der Waals surface area (Å²) in [6, 6.07) is 5.12. The first-order valence-corrected chi connectivity index (χ1v) is 11.7. The molecule has 1 aromatic heterocycles. The smallest absolute Gasteiger partial charge is 0.191 e. The molecule has 6 nitrogen and oxygen atoms in total. The zero-order valence-corrected chi connectivity index (χ0v) is 18.5. The molecular weight excluding hydrogens is 362 g/mol. The van der Waals surface area contributed by atoms with E-state index in [1.54, 1.807) is 6.26 Å². The van der Waals surface area contributed by atoms with Gasteiger partial charge in [0.25, 0.3) is 0 Å². The molecule has 2 saturated heterocycles. The first kappa shape index (κ1) is 22.2. The third kappa shape index (κ3) is 7.03. The zero-order chi connectivity index (χ0) is 20.3. The number of guanidine groups is 1. The van der Waals surface area contributed by atoms with E-state index >= 15 is 0 Å². The van der Waals surface area contributed by atoms with Gasteiger partial charge in [0, 0.05) is 26.2 Å². The average molecular weight is 404 g/mol. The Morgan fingerprint density at radius 3 is 2.69 bits per heavy atom. The Morgan fingerprint density at radius 1 is 1.14 bits per heavy atom. The summed E-state index contributed by atoms with van der Waals surface area (Å²) in [5, 5.41) is 7.02. The van der Waals surface area contributed by atoms with Crippen LogP contribution in [0.2, 0.25) is 0 Å². The van der Waals surface area contributed by atoms with E-state index < -0.39 is 0 Å². The van der Waals surface area contributed by atoms with Gasteiger partial charge in [-0.3, -0.25) is 9.89 Å². The van der Waals surface area contributed by atoms with Crippen molar-refractivity contribution in [3.63, 3.8) is 0 Å². The van der Waals surface area contributed by atoms with E-state index in [1.165, 1.54) is 64.5 Å². The fourth-order valence-electron chi connectivity index (χ4n) is 4.67.